The smallest absolute Gasteiger partial charge is 0.339 e. The SMILES string of the molecule is Cc1ccc(S(=O)(=O)Oc2c(Cl)cc(C=Nc3ccccc3C)cc2Cl)cc1. The first-order valence-electron chi connectivity index (χ1n) is 8.36. The third-order valence-corrected chi connectivity index (χ3v) is 5.79. The standard InChI is InChI=1S/C21H17Cl2NO3S/c1-14-7-9-17(10-8-14)28(25,26)27-21-18(22)11-16(12-19(21)23)13-24-20-6-4-3-5-15(20)2/h3-13H,1-2H3. The van der Waals surface area contributed by atoms with E-state index in [4.69, 9.17) is 27.4 Å². The fourth-order valence-electron chi connectivity index (χ4n) is 2.45. The van der Waals surface area contributed by atoms with Crippen molar-refractivity contribution in [3.8, 4) is 5.75 Å². The van der Waals surface area contributed by atoms with Gasteiger partial charge in [0.05, 0.1) is 15.7 Å². The maximum atomic E-state index is 12.5. The lowest BCUT2D eigenvalue weighted by molar-refractivity contribution is 0.486. The predicted molar refractivity (Wildman–Crippen MR) is 114 cm³/mol. The van der Waals surface area contributed by atoms with E-state index in [1.54, 1.807) is 30.5 Å². The lowest BCUT2D eigenvalue weighted by atomic mass is 10.2. The summed E-state index contributed by atoms with van der Waals surface area (Å²) < 4.78 is 30.2. The number of aliphatic imine (C=N–C) groups is 1. The van der Waals surface area contributed by atoms with E-state index in [2.05, 4.69) is 4.99 Å². The van der Waals surface area contributed by atoms with Gasteiger partial charge < -0.3 is 4.18 Å². The van der Waals surface area contributed by atoms with Gasteiger partial charge in [-0.1, -0.05) is 59.1 Å². The van der Waals surface area contributed by atoms with Crippen LogP contribution in [0.25, 0.3) is 0 Å². The van der Waals surface area contributed by atoms with Gasteiger partial charge in [0.1, 0.15) is 4.90 Å². The van der Waals surface area contributed by atoms with E-state index >= 15 is 0 Å². The first-order valence-corrected chi connectivity index (χ1v) is 10.5. The largest absolute Gasteiger partial charge is 0.376 e. The minimum absolute atomic E-state index is 0.0235. The second-order valence-electron chi connectivity index (χ2n) is 6.21. The van der Waals surface area contributed by atoms with Crippen molar-refractivity contribution in [1.82, 2.24) is 0 Å². The van der Waals surface area contributed by atoms with Crippen LogP contribution in [0.2, 0.25) is 10.0 Å². The first-order chi connectivity index (χ1) is 13.3. The summed E-state index contributed by atoms with van der Waals surface area (Å²) in [5, 5.41) is 0.156. The van der Waals surface area contributed by atoms with Gasteiger partial charge in [0.2, 0.25) is 0 Å². The van der Waals surface area contributed by atoms with Crippen LogP contribution in [0, 0.1) is 13.8 Å². The van der Waals surface area contributed by atoms with E-state index in [1.807, 2.05) is 38.1 Å². The fourth-order valence-corrected chi connectivity index (χ4v) is 4.09. The first kappa shape index (κ1) is 20.4. The number of benzene rings is 3. The molecule has 0 aliphatic rings. The van der Waals surface area contributed by atoms with Crippen molar-refractivity contribution in [1.29, 1.82) is 0 Å². The molecule has 0 amide bonds. The molecule has 0 aromatic heterocycles. The average Bonchev–Trinajstić information content (AvgIpc) is 2.64. The molecule has 144 valence electrons. The molecule has 0 aliphatic heterocycles. The highest BCUT2D eigenvalue weighted by Crippen LogP contribution is 2.36. The van der Waals surface area contributed by atoms with E-state index in [-0.39, 0.29) is 20.7 Å². The molecule has 0 N–H and O–H groups in total. The van der Waals surface area contributed by atoms with Crippen LogP contribution in [-0.4, -0.2) is 14.6 Å². The van der Waals surface area contributed by atoms with Gasteiger partial charge in [0.15, 0.2) is 5.75 Å². The summed E-state index contributed by atoms with van der Waals surface area (Å²) in [7, 11) is -4.05. The Morgan fingerprint density at radius 1 is 0.929 bits per heavy atom. The number of aryl methyl sites for hydroxylation is 2. The molecule has 7 heteroatoms. The van der Waals surface area contributed by atoms with E-state index < -0.39 is 10.1 Å². The molecule has 0 aliphatic carbocycles. The summed E-state index contributed by atoms with van der Waals surface area (Å²) in [4.78, 5) is 4.44. The molecule has 0 bridgehead atoms. The van der Waals surface area contributed by atoms with E-state index in [0.717, 1.165) is 16.8 Å². The fraction of sp³-hybridized carbons (Fsp3) is 0.0952. The topological polar surface area (TPSA) is 55.7 Å². The van der Waals surface area contributed by atoms with Gasteiger partial charge in [-0.25, -0.2) is 0 Å². The van der Waals surface area contributed by atoms with Gasteiger partial charge in [0, 0.05) is 6.21 Å². The second kappa shape index (κ2) is 8.35. The summed E-state index contributed by atoms with van der Waals surface area (Å²) in [5.74, 6) is -0.114. The Bertz CT molecular complexity index is 1120. The Morgan fingerprint density at radius 2 is 1.54 bits per heavy atom. The van der Waals surface area contributed by atoms with Gasteiger partial charge in [-0.2, -0.15) is 8.42 Å². The summed E-state index contributed by atoms with van der Waals surface area (Å²) in [6.45, 7) is 3.82. The zero-order valence-corrected chi connectivity index (χ0v) is 17.5. The van der Waals surface area contributed by atoms with E-state index in [0.29, 0.717) is 5.56 Å². The number of para-hydroxylation sites is 1. The Morgan fingerprint density at radius 3 is 2.14 bits per heavy atom. The van der Waals surface area contributed by atoms with Crippen molar-refractivity contribution >= 4 is 45.2 Å². The van der Waals surface area contributed by atoms with Gasteiger partial charge in [-0.3, -0.25) is 4.99 Å². The molecule has 3 rings (SSSR count). The zero-order valence-electron chi connectivity index (χ0n) is 15.2. The quantitative estimate of drug-likeness (QED) is 0.359. The maximum absolute atomic E-state index is 12.5. The van der Waals surface area contributed by atoms with Crippen molar-refractivity contribution in [2.75, 3.05) is 0 Å². The number of hydrogen-bond acceptors (Lipinski definition) is 4. The predicted octanol–water partition coefficient (Wildman–Crippen LogP) is 6.13. The Labute approximate surface area is 174 Å². The number of nitrogens with zero attached hydrogens (tertiary/aromatic N) is 1. The molecule has 4 nitrogen and oxygen atoms in total. The van der Waals surface area contributed by atoms with Crippen LogP contribution in [0.4, 0.5) is 5.69 Å². The van der Waals surface area contributed by atoms with Crippen molar-refractivity contribution in [2.24, 2.45) is 4.99 Å². The zero-order chi connectivity index (χ0) is 20.3. The van der Waals surface area contributed by atoms with Crippen LogP contribution in [0.5, 0.6) is 5.75 Å². The number of rotatable bonds is 5. The molecule has 0 saturated carbocycles. The summed E-state index contributed by atoms with van der Waals surface area (Å²) in [6, 6.07) is 17.1. The highest BCUT2D eigenvalue weighted by Gasteiger charge is 2.20. The lowest BCUT2D eigenvalue weighted by Crippen LogP contribution is -2.10. The van der Waals surface area contributed by atoms with Crippen molar-refractivity contribution < 1.29 is 12.6 Å². The molecule has 28 heavy (non-hydrogen) atoms. The van der Waals surface area contributed by atoms with Gasteiger partial charge >= 0.3 is 10.1 Å². The number of halogens is 2. The molecule has 0 unspecified atom stereocenters. The summed E-state index contributed by atoms with van der Waals surface area (Å²) in [6.07, 6.45) is 1.61. The average molecular weight is 434 g/mol. The molecule has 3 aromatic rings. The van der Waals surface area contributed by atoms with Crippen LogP contribution in [0.15, 0.2) is 70.6 Å². The van der Waals surface area contributed by atoms with Crippen molar-refractivity contribution in [2.45, 2.75) is 18.7 Å². The minimum atomic E-state index is -4.05. The molecular weight excluding hydrogens is 417 g/mol. The monoisotopic (exact) mass is 433 g/mol. The van der Waals surface area contributed by atoms with Crippen LogP contribution < -0.4 is 4.18 Å². The van der Waals surface area contributed by atoms with E-state index in [9.17, 15) is 8.42 Å². The second-order valence-corrected chi connectivity index (χ2v) is 8.57. The normalized spacial score (nSPS) is 11.7. The highest BCUT2D eigenvalue weighted by atomic mass is 35.5. The maximum Gasteiger partial charge on any atom is 0.339 e. The molecule has 0 radical (unpaired) electrons. The minimum Gasteiger partial charge on any atom is -0.376 e. The molecular formula is C21H17Cl2NO3S. The summed E-state index contributed by atoms with van der Waals surface area (Å²) >= 11 is 12.5. The third-order valence-electron chi connectivity index (χ3n) is 3.99. The van der Waals surface area contributed by atoms with Crippen LogP contribution in [0.3, 0.4) is 0 Å². The molecule has 0 saturated heterocycles. The van der Waals surface area contributed by atoms with Crippen LogP contribution in [-0.2, 0) is 10.1 Å². The van der Waals surface area contributed by atoms with Crippen molar-refractivity contribution in [3.05, 3.63) is 87.4 Å². The van der Waals surface area contributed by atoms with Crippen LogP contribution in [0.1, 0.15) is 16.7 Å². The van der Waals surface area contributed by atoms with Crippen molar-refractivity contribution in [3.63, 3.8) is 0 Å². The lowest BCUT2D eigenvalue weighted by Gasteiger charge is -2.11. The number of hydrogen-bond donors (Lipinski definition) is 0. The van der Waals surface area contributed by atoms with Gasteiger partial charge in [-0.15, -0.1) is 0 Å². The van der Waals surface area contributed by atoms with Gasteiger partial charge in [-0.05, 0) is 55.3 Å². The third kappa shape index (κ3) is 4.73. The molecule has 0 atom stereocenters. The molecule has 0 fully saturated rings. The highest BCUT2D eigenvalue weighted by molar-refractivity contribution is 7.87. The van der Waals surface area contributed by atoms with E-state index in [1.165, 1.54) is 12.1 Å². The summed E-state index contributed by atoms with van der Waals surface area (Å²) in [5.41, 5.74) is 3.41. The Balaban J connectivity index is 1.88. The molecule has 0 heterocycles. The van der Waals surface area contributed by atoms with Gasteiger partial charge in [0.25, 0.3) is 0 Å². The Kier molecular flexibility index (Phi) is 6.08. The van der Waals surface area contributed by atoms with Crippen LogP contribution >= 0.6 is 23.2 Å². The molecule has 3 aromatic carbocycles. The molecule has 0 spiro atoms. The Hall–Kier alpha value is -2.34.